The largest absolute Gasteiger partial charge is 0.399 e. The Morgan fingerprint density at radius 2 is 2.00 bits per heavy atom. The smallest absolute Gasteiger partial charge is 0.0917 e. The molecule has 3 nitrogen and oxygen atoms in total. The first-order chi connectivity index (χ1) is 8.56. The zero-order chi connectivity index (χ0) is 13.5. The third-order valence-corrected chi connectivity index (χ3v) is 3.44. The average Bonchev–Trinajstić information content (AvgIpc) is 2.37. The first kappa shape index (κ1) is 15.0. The third kappa shape index (κ3) is 4.67. The summed E-state index contributed by atoms with van der Waals surface area (Å²) >= 11 is 0. The first-order valence-electron chi connectivity index (χ1n) is 6.82. The SMILES string of the molecule is CCC(C)CN(CC)CC(O)c1cccc(N)c1. The Balaban J connectivity index is 2.59. The van der Waals surface area contributed by atoms with E-state index in [0.717, 1.165) is 18.7 Å². The Morgan fingerprint density at radius 1 is 1.28 bits per heavy atom. The normalized spacial score (nSPS) is 14.7. The Morgan fingerprint density at radius 3 is 2.56 bits per heavy atom. The summed E-state index contributed by atoms with van der Waals surface area (Å²) in [5, 5.41) is 10.2. The standard InChI is InChI=1S/C15H26N2O/c1-4-12(3)10-17(5-2)11-15(18)13-7-6-8-14(16)9-13/h6-9,12,15,18H,4-5,10-11,16H2,1-3H3. The molecule has 1 aromatic rings. The van der Waals surface area contributed by atoms with Crippen molar-refractivity contribution in [2.45, 2.75) is 33.3 Å². The minimum Gasteiger partial charge on any atom is -0.399 e. The van der Waals surface area contributed by atoms with Crippen LogP contribution < -0.4 is 5.73 Å². The number of benzene rings is 1. The van der Waals surface area contributed by atoms with Crippen LogP contribution in [0.5, 0.6) is 0 Å². The van der Waals surface area contributed by atoms with Gasteiger partial charge in [0.05, 0.1) is 6.10 Å². The summed E-state index contributed by atoms with van der Waals surface area (Å²) < 4.78 is 0. The number of aliphatic hydroxyl groups is 1. The van der Waals surface area contributed by atoms with Gasteiger partial charge in [-0.25, -0.2) is 0 Å². The lowest BCUT2D eigenvalue weighted by atomic mass is 10.1. The van der Waals surface area contributed by atoms with Crippen LogP contribution in [0, 0.1) is 5.92 Å². The highest BCUT2D eigenvalue weighted by atomic mass is 16.3. The monoisotopic (exact) mass is 250 g/mol. The molecule has 0 aromatic heterocycles. The van der Waals surface area contributed by atoms with Gasteiger partial charge in [-0.2, -0.15) is 0 Å². The van der Waals surface area contributed by atoms with Gasteiger partial charge in [0.15, 0.2) is 0 Å². The summed E-state index contributed by atoms with van der Waals surface area (Å²) in [5.41, 5.74) is 7.34. The van der Waals surface area contributed by atoms with Crippen LogP contribution in [-0.4, -0.2) is 29.6 Å². The number of hydrogen-bond donors (Lipinski definition) is 2. The van der Waals surface area contributed by atoms with Gasteiger partial charge in [0.1, 0.15) is 0 Å². The number of nitrogen functional groups attached to an aromatic ring is 1. The van der Waals surface area contributed by atoms with Crippen LogP contribution in [0.4, 0.5) is 5.69 Å². The number of aliphatic hydroxyl groups excluding tert-OH is 1. The van der Waals surface area contributed by atoms with Crippen molar-refractivity contribution >= 4 is 5.69 Å². The highest BCUT2D eigenvalue weighted by molar-refractivity contribution is 5.41. The molecule has 0 aliphatic rings. The zero-order valence-electron chi connectivity index (χ0n) is 11.8. The van der Waals surface area contributed by atoms with Gasteiger partial charge in [0.2, 0.25) is 0 Å². The van der Waals surface area contributed by atoms with Gasteiger partial charge >= 0.3 is 0 Å². The van der Waals surface area contributed by atoms with Crippen molar-refractivity contribution in [3.63, 3.8) is 0 Å². The van der Waals surface area contributed by atoms with Gasteiger partial charge in [-0.05, 0) is 30.2 Å². The molecule has 1 aromatic carbocycles. The van der Waals surface area contributed by atoms with E-state index >= 15 is 0 Å². The number of nitrogens with two attached hydrogens (primary N) is 1. The molecule has 0 bridgehead atoms. The molecule has 0 radical (unpaired) electrons. The highest BCUT2D eigenvalue weighted by Gasteiger charge is 2.14. The summed E-state index contributed by atoms with van der Waals surface area (Å²) in [5.74, 6) is 0.665. The summed E-state index contributed by atoms with van der Waals surface area (Å²) in [4.78, 5) is 2.29. The van der Waals surface area contributed by atoms with Gasteiger partial charge in [-0.15, -0.1) is 0 Å². The Bertz CT molecular complexity index is 354. The summed E-state index contributed by atoms with van der Waals surface area (Å²) in [6, 6.07) is 7.51. The van der Waals surface area contributed by atoms with Crippen molar-refractivity contribution in [1.82, 2.24) is 4.90 Å². The minimum absolute atomic E-state index is 0.461. The van der Waals surface area contributed by atoms with Crippen molar-refractivity contribution in [3.05, 3.63) is 29.8 Å². The van der Waals surface area contributed by atoms with E-state index in [9.17, 15) is 5.11 Å². The molecule has 0 aliphatic carbocycles. The van der Waals surface area contributed by atoms with Gasteiger partial charge in [0.25, 0.3) is 0 Å². The molecular formula is C15H26N2O. The molecule has 0 fully saturated rings. The van der Waals surface area contributed by atoms with Crippen molar-refractivity contribution in [1.29, 1.82) is 0 Å². The summed E-state index contributed by atoms with van der Waals surface area (Å²) in [7, 11) is 0. The van der Waals surface area contributed by atoms with Gasteiger partial charge in [-0.3, -0.25) is 0 Å². The fourth-order valence-electron chi connectivity index (χ4n) is 2.02. The van der Waals surface area contributed by atoms with Crippen molar-refractivity contribution < 1.29 is 5.11 Å². The molecule has 2 unspecified atom stereocenters. The summed E-state index contributed by atoms with van der Waals surface area (Å²) in [6.45, 7) is 9.25. The second kappa shape index (κ2) is 7.39. The van der Waals surface area contributed by atoms with Gasteiger partial charge < -0.3 is 15.7 Å². The molecule has 0 heterocycles. The predicted octanol–water partition coefficient (Wildman–Crippen LogP) is 2.67. The van der Waals surface area contributed by atoms with Gasteiger partial charge in [-0.1, -0.05) is 39.3 Å². The lowest BCUT2D eigenvalue weighted by molar-refractivity contribution is 0.107. The fraction of sp³-hybridized carbons (Fsp3) is 0.600. The van der Waals surface area contributed by atoms with E-state index < -0.39 is 6.10 Å². The first-order valence-corrected chi connectivity index (χ1v) is 6.82. The molecule has 0 amide bonds. The second-order valence-corrected chi connectivity index (χ2v) is 5.05. The van der Waals surface area contributed by atoms with E-state index in [2.05, 4.69) is 25.7 Å². The van der Waals surface area contributed by atoms with E-state index in [1.54, 1.807) is 0 Å². The quantitative estimate of drug-likeness (QED) is 0.731. The predicted molar refractivity (Wildman–Crippen MR) is 77.4 cm³/mol. The average molecular weight is 250 g/mol. The number of anilines is 1. The van der Waals surface area contributed by atoms with E-state index in [1.165, 1.54) is 6.42 Å². The van der Waals surface area contributed by atoms with Crippen molar-refractivity contribution in [2.75, 3.05) is 25.4 Å². The molecule has 0 spiro atoms. The van der Waals surface area contributed by atoms with Crippen LogP contribution in [0.1, 0.15) is 38.9 Å². The van der Waals surface area contributed by atoms with Crippen LogP contribution in [0.25, 0.3) is 0 Å². The molecule has 0 aliphatic heterocycles. The molecular weight excluding hydrogens is 224 g/mol. The Labute approximate surface area is 111 Å². The summed E-state index contributed by atoms with van der Waals surface area (Å²) in [6.07, 6.45) is 0.711. The zero-order valence-corrected chi connectivity index (χ0v) is 11.8. The van der Waals surface area contributed by atoms with Crippen LogP contribution in [0.15, 0.2) is 24.3 Å². The Hall–Kier alpha value is -1.06. The van der Waals surface area contributed by atoms with Crippen molar-refractivity contribution in [2.24, 2.45) is 5.92 Å². The lowest BCUT2D eigenvalue weighted by Crippen LogP contribution is -2.32. The second-order valence-electron chi connectivity index (χ2n) is 5.05. The van der Waals surface area contributed by atoms with E-state index in [1.807, 2.05) is 24.3 Å². The topological polar surface area (TPSA) is 49.5 Å². The third-order valence-electron chi connectivity index (χ3n) is 3.44. The lowest BCUT2D eigenvalue weighted by Gasteiger charge is -2.26. The maximum absolute atomic E-state index is 10.2. The molecule has 102 valence electrons. The number of hydrogen-bond acceptors (Lipinski definition) is 3. The number of likely N-dealkylation sites (N-methyl/N-ethyl adjacent to an activating group) is 1. The highest BCUT2D eigenvalue weighted by Crippen LogP contribution is 2.17. The van der Waals surface area contributed by atoms with E-state index in [0.29, 0.717) is 18.2 Å². The molecule has 3 heteroatoms. The van der Waals surface area contributed by atoms with E-state index in [4.69, 9.17) is 5.73 Å². The van der Waals surface area contributed by atoms with Crippen LogP contribution in [-0.2, 0) is 0 Å². The fourth-order valence-corrected chi connectivity index (χ4v) is 2.02. The van der Waals surface area contributed by atoms with Crippen LogP contribution >= 0.6 is 0 Å². The number of nitrogens with zero attached hydrogens (tertiary/aromatic N) is 1. The molecule has 3 N–H and O–H groups in total. The molecule has 2 atom stereocenters. The molecule has 0 saturated heterocycles. The van der Waals surface area contributed by atoms with Gasteiger partial charge in [0, 0.05) is 18.8 Å². The minimum atomic E-state index is -0.461. The van der Waals surface area contributed by atoms with Crippen LogP contribution in [0.2, 0.25) is 0 Å². The maximum atomic E-state index is 10.2. The molecule has 18 heavy (non-hydrogen) atoms. The molecule has 0 saturated carbocycles. The van der Waals surface area contributed by atoms with Crippen LogP contribution in [0.3, 0.4) is 0 Å². The Kier molecular flexibility index (Phi) is 6.16. The van der Waals surface area contributed by atoms with Crippen molar-refractivity contribution in [3.8, 4) is 0 Å². The van der Waals surface area contributed by atoms with E-state index in [-0.39, 0.29) is 0 Å². The number of rotatable bonds is 7. The molecule has 1 rings (SSSR count). The maximum Gasteiger partial charge on any atom is 0.0917 e.